The molecule has 29 heavy (non-hydrogen) atoms. The molecule has 2 N–H and O–H groups in total. The molecule has 1 aromatic heterocycles. The van der Waals surface area contributed by atoms with Gasteiger partial charge in [-0.1, -0.05) is 12.1 Å². The fraction of sp³-hybridized carbons (Fsp3) is 0.524. The Hall–Kier alpha value is -1.29. The third-order valence-electron chi connectivity index (χ3n) is 5.36. The summed E-state index contributed by atoms with van der Waals surface area (Å²) < 4.78 is 3.10. The molecule has 1 aromatic carbocycles. The van der Waals surface area contributed by atoms with Crippen molar-refractivity contribution >= 4 is 51.6 Å². The topological polar surface area (TPSA) is 57.5 Å². The molecular weight excluding hydrogens is 543 g/mol. The molecule has 3 rings (SSSR count). The van der Waals surface area contributed by atoms with Crippen molar-refractivity contribution in [3.63, 3.8) is 0 Å². The van der Waals surface area contributed by atoms with Crippen molar-refractivity contribution < 1.29 is 0 Å². The number of para-hydroxylation sites is 1. The van der Waals surface area contributed by atoms with Crippen LogP contribution in [-0.2, 0) is 13.5 Å². The molecule has 1 atom stereocenters. The van der Waals surface area contributed by atoms with Crippen molar-refractivity contribution in [1.29, 1.82) is 0 Å². The Balaban J connectivity index is 0.00000300. The number of hydrogen-bond donors (Lipinski definition) is 2. The van der Waals surface area contributed by atoms with Crippen LogP contribution in [0, 0.1) is 13.8 Å². The molecule has 0 bridgehead atoms. The van der Waals surface area contributed by atoms with Gasteiger partial charge in [0.05, 0.1) is 11.4 Å². The van der Waals surface area contributed by atoms with Crippen molar-refractivity contribution in [3.8, 4) is 0 Å². The van der Waals surface area contributed by atoms with Gasteiger partial charge in [0.15, 0.2) is 5.96 Å². The maximum Gasteiger partial charge on any atom is 0.191 e. The van der Waals surface area contributed by atoms with Gasteiger partial charge in [0.1, 0.15) is 0 Å². The fourth-order valence-electron chi connectivity index (χ4n) is 3.78. The van der Waals surface area contributed by atoms with E-state index in [9.17, 15) is 0 Å². The maximum atomic E-state index is 4.81. The van der Waals surface area contributed by atoms with Crippen LogP contribution in [0.1, 0.15) is 30.3 Å². The van der Waals surface area contributed by atoms with E-state index in [1.165, 1.54) is 16.9 Å². The minimum absolute atomic E-state index is 0. The summed E-state index contributed by atoms with van der Waals surface area (Å²) in [5.74, 6) is 0.903. The second-order valence-electron chi connectivity index (χ2n) is 7.31. The molecule has 0 spiro atoms. The average Bonchev–Trinajstić information content (AvgIpc) is 3.22. The lowest BCUT2D eigenvalue weighted by atomic mass is 10.1. The number of aryl methyl sites for hydroxylation is 2. The van der Waals surface area contributed by atoms with E-state index in [-0.39, 0.29) is 24.0 Å². The van der Waals surface area contributed by atoms with Crippen LogP contribution < -0.4 is 15.5 Å². The van der Waals surface area contributed by atoms with Crippen LogP contribution in [-0.4, -0.2) is 48.0 Å². The van der Waals surface area contributed by atoms with Crippen molar-refractivity contribution in [2.45, 2.75) is 39.7 Å². The summed E-state index contributed by atoms with van der Waals surface area (Å²) in [6, 6.07) is 8.82. The normalized spacial score (nSPS) is 16.7. The zero-order chi connectivity index (χ0) is 20.1. The third kappa shape index (κ3) is 6.10. The molecule has 2 heterocycles. The number of nitrogens with one attached hydrogen (secondary N) is 2. The monoisotopic (exact) mass is 574 g/mol. The molecule has 1 aliphatic heterocycles. The minimum atomic E-state index is 0. The molecule has 2 aromatic rings. The summed E-state index contributed by atoms with van der Waals surface area (Å²) in [5.41, 5.74) is 4.90. The highest BCUT2D eigenvalue weighted by molar-refractivity contribution is 14.0. The maximum absolute atomic E-state index is 4.81. The number of anilines is 1. The highest BCUT2D eigenvalue weighted by Crippen LogP contribution is 2.28. The molecular formula is C21H32BrIN6. The molecule has 1 unspecified atom stereocenters. The number of rotatable bonds is 6. The standard InChI is InChI=1S/C21H31BrN6.HI/c1-5-23-21(24-12-10-18-15(2)26-27(4)16(18)3)25-17-11-13-28(14-17)20-9-7-6-8-19(20)22;/h6-9,17H,5,10-14H2,1-4H3,(H2,23,24,25);1H. The predicted molar refractivity (Wildman–Crippen MR) is 136 cm³/mol. The number of benzene rings is 1. The summed E-state index contributed by atoms with van der Waals surface area (Å²) in [4.78, 5) is 7.23. The summed E-state index contributed by atoms with van der Waals surface area (Å²) >= 11 is 3.67. The van der Waals surface area contributed by atoms with Crippen LogP contribution in [0.5, 0.6) is 0 Å². The van der Waals surface area contributed by atoms with Gasteiger partial charge in [0.25, 0.3) is 0 Å². The average molecular weight is 575 g/mol. The number of halogens is 2. The lowest BCUT2D eigenvalue weighted by Gasteiger charge is -2.21. The summed E-state index contributed by atoms with van der Waals surface area (Å²) in [7, 11) is 2.00. The van der Waals surface area contributed by atoms with Gasteiger partial charge in [-0.3, -0.25) is 9.67 Å². The zero-order valence-electron chi connectivity index (χ0n) is 17.7. The second kappa shape index (κ2) is 11.2. The molecule has 1 fully saturated rings. The molecule has 0 aliphatic carbocycles. The fourth-order valence-corrected chi connectivity index (χ4v) is 4.31. The number of aliphatic imine (C=N–C) groups is 1. The Morgan fingerprint density at radius 1 is 1.31 bits per heavy atom. The molecule has 0 amide bonds. The van der Waals surface area contributed by atoms with Crippen LogP contribution in [0.15, 0.2) is 33.7 Å². The molecule has 0 radical (unpaired) electrons. The van der Waals surface area contributed by atoms with Crippen molar-refractivity contribution in [1.82, 2.24) is 20.4 Å². The zero-order valence-corrected chi connectivity index (χ0v) is 21.6. The van der Waals surface area contributed by atoms with Crippen molar-refractivity contribution in [2.75, 3.05) is 31.1 Å². The van der Waals surface area contributed by atoms with Gasteiger partial charge < -0.3 is 15.5 Å². The first-order valence-corrected chi connectivity index (χ1v) is 10.8. The van der Waals surface area contributed by atoms with Crippen molar-refractivity contribution in [3.05, 3.63) is 45.7 Å². The molecule has 0 saturated carbocycles. The van der Waals surface area contributed by atoms with Crippen LogP contribution in [0.4, 0.5) is 5.69 Å². The Kier molecular flexibility index (Phi) is 9.26. The van der Waals surface area contributed by atoms with E-state index in [0.29, 0.717) is 6.04 Å². The largest absolute Gasteiger partial charge is 0.368 e. The molecule has 6 nitrogen and oxygen atoms in total. The van der Waals surface area contributed by atoms with Gasteiger partial charge >= 0.3 is 0 Å². The smallest absolute Gasteiger partial charge is 0.191 e. The second-order valence-corrected chi connectivity index (χ2v) is 8.17. The van der Waals surface area contributed by atoms with E-state index in [2.05, 4.69) is 81.6 Å². The van der Waals surface area contributed by atoms with E-state index in [4.69, 9.17) is 4.99 Å². The number of hydrogen-bond acceptors (Lipinski definition) is 3. The van der Waals surface area contributed by atoms with Gasteiger partial charge in [0.2, 0.25) is 0 Å². The first kappa shape index (κ1) is 24.0. The summed E-state index contributed by atoms with van der Waals surface area (Å²) in [5, 5.41) is 11.5. The molecule has 160 valence electrons. The lowest BCUT2D eigenvalue weighted by Crippen LogP contribution is -2.44. The number of aromatic nitrogens is 2. The number of nitrogens with zero attached hydrogens (tertiary/aromatic N) is 4. The van der Waals surface area contributed by atoms with Gasteiger partial charge in [-0.25, -0.2) is 0 Å². The highest BCUT2D eigenvalue weighted by atomic mass is 127. The Morgan fingerprint density at radius 2 is 2.07 bits per heavy atom. The minimum Gasteiger partial charge on any atom is -0.368 e. The summed E-state index contributed by atoms with van der Waals surface area (Å²) in [6.07, 6.45) is 2.02. The van der Waals surface area contributed by atoms with Crippen LogP contribution in [0.25, 0.3) is 0 Å². The van der Waals surface area contributed by atoms with E-state index in [0.717, 1.165) is 55.1 Å². The van der Waals surface area contributed by atoms with E-state index >= 15 is 0 Å². The first-order chi connectivity index (χ1) is 13.5. The Morgan fingerprint density at radius 3 is 2.72 bits per heavy atom. The quantitative estimate of drug-likeness (QED) is 0.313. The van der Waals surface area contributed by atoms with Crippen molar-refractivity contribution in [2.24, 2.45) is 12.0 Å². The van der Waals surface area contributed by atoms with Gasteiger partial charge in [0, 0.05) is 49.4 Å². The van der Waals surface area contributed by atoms with Gasteiger partial charge in [-0.2, -0.15) is 5.10 Å². The Labute approximate surface area is 199 Å². The van der Waals surface area contributed by atoms with E-state index in [1.807, 2.05) is 11.7 Å². The van der Waals surface area contributed by atoms with Crippen LogP contribution in [0.3, 0.4) is 0 Å². The molecule has 8 heteroatoms. The van der Waals surface area contributed by atoms with Crippen LogP contribution in [0.2, 0.25) is 0 Å². The lowest BCUT2D eigenvalue weighted by molar-refractivity contribution is 0.649. The molecule has 1 aliphatic rings. The van der Waals surface area contributed by atoms with E-state index in [1.54, 1.807) is 0 Å². The van der Waals surface area contributed by atoms with Crippen LogP contribution >= 0.6 is 39.9 Å². The molecule has 1 saturated heterocycles. The highest BCUT2D eigenvalue weighted by Gasteiger charge is 2.24. The van der Waals surface area contributed by atoms with Gasteiger partial charge in [-0.15, -0.1) is 24.0 Å². The van der Waals surface area contributed by atoms with E-state index < -0.39 is 0 Å². The SMILES string of the molecule is CCNC(=NCCc1c(C)nn(C)c1C)NC1CCN(c2ccccc2Br)C1.I. The first-order valence-electron chi connectivity index (χ1n) is 10.0. The Bertz CT molecular complexity index is 835. The third-order valence-corrected chi connectivity index (χ3v) is 6.03. The summed E-state index contributed by atoms with van der Waals surface area (Å²) in [6.45, 7) is 9.94. The predicted octanol–water partition coefficient (Wildman–Crippen LogP) is 3.79. The number of guanidine groups is 1. The van der Waals surface area contributed by atoms with Gasteiger partial charge in [-0.05, 0) is 67.2 Å².